The summed E-state index contributed by atoms with van der Waals surface area (Å²) in [6.45, 7) is 7.18. The minimum absolute atomic E-state index is 0.143. The first-order chi connectivity index (χ1) is 12.9. The first kappa shape index (κ1) is 23.3. The van der Waals surface area contributed by atoms with E-state index in [1.165, 1.54) is 12.7 Å². The van der Waals surface area contributed by atoms with Crippen molar-refractivity contribution in [1.82, 2.24) is 10.2 Å². The van der Waals surface area contributed by atoms with E-state index in [1.54, 1.807) is 0 Å². The van der Waals surface area contributed by atoms with Crippen molar-refractivity contribution in [3.8, 4) is 0 Å². The van der Waals surface area contributed by atoms with Gasteiger partial charge in [0.15, 0.2) is 0 Å². The van der Waals surface area contributed by atoms with Crippen LogP contribution in [0.1, 0.15) is 43.7 Å². The molecule has 0 amide bonds. The second-order valence-corrected chi connectivity index (χ2v) is 7.16. The normalized spacial score (nSPS) is 16.0. The van der Waals surface area contributed by atoms with Crippen LogP contribution < -0.4 is 5.32 Å². The summed E-state index contributed by atoms with van der Waals surface area (Å²) >= 11 is 6.09. The number of esters is 1. The van der Waals surface area contributed by atoms with Crippen LogP contribution >= 0.6 is 11.6 Å². The van der Waals surface area contributed by atoms with Crippen molar-refractivity contribution < 1.29 is 19.1 Å². The van der Waals surface area contributed by atoms with Crippen molar-refractivity contribution in [2.45, 2.75) is 58.2 Å². The van der Waals surface area contributed by atoms with Gasteiger partial charge in [-0.05, 0) is 56.5 Å². The first-order valence-corrected chi connectivity index (χ1v) is 9.63. The molecule has 6 nitrogen and oxygen atoms in total. The number of aryl methyl sites for hydroxylation is 1. The van der Waals surface area contributed by atoms with E-state index >= 15 is 0 Å². The molecule has 1 aromatic carbocycles. The van der Waals surface area contributed by atoms with Crippen LogP contribution in [0, 0.1) is 6.92 Å². The van der Waals surface area contributed by atoms with Gasteiger partial charge in [0, 0.05) is 17.6 Å². The Hall–Kier alpha value is -1.72. The summed E-state index contributed by atoms with van der Waals surface area (Å²) in [5, 5.41) is 4.32. The van der Waals surface area contributed by atoms with E-state index in [-0.39, 0.29) is 18.2 Å². The number of benzene rings is 1. The number of hydrogen-bond acceptors (Lipinski definition) is 6. The lowest BCUT2D eigenvalue weighted by Crippen LogP contribution is -2.48. The van der Waals surface area contributed by atoms with Crippen LogP contribution in [0.5, 0.6) is 0 Å². The monoisotopic (exact) mass is 396 g/mol. The van der Waals surface area contributed by atoms with Crippen LogP contribution in [0.25, 0.3) is 0 Å². The van der Waals surface area contributed by atoms with Crippen molar-refractivity contribution in [2.24, 2.45) is 0 Å². The number of nitrogens with zero attached hydrogens (tertiary/aromatic N) is 1. The number of carbonyl (C=O) groups is 1. The number of carbonyl (C=O) groups excluding carboxylic acids is 3. The molecule has 150 valence electrons. The minimum Gasteiger partial charge on any atom is -0.468 e. The summed E-state index contributed by atoms with van der Waals surface area (Å²) in [6.07, 6.45) is 4.17. The molecule has 27 heavy (non-hydrogen) atoms. The topological polar surface area (TPSA) is 75.7 Å². The Labute approximate surface area is 166 Å². The molecule has 1 atom stereocenters. The van der Waals surface area contributed by atoms with Gasteiger partial charge < -0.3 is 10.1 Å². The van der Waals surface area contributed by atoms with Crippen molar-refractivity contribution >= 4 is 23.7 Å². The predicted molar refractivity (Wildman–Crippen MR) is 103 cm³/mol. The highest BCUT2D eigenvalue weighted by atomic mass is 35.5. The molecule has 0 unspecified atom stereocenters. The molecule has 7 heteroatoms. The van der Waals surface area contributed by atoms with Gasteiger partial charge >= 0.3 is 12.1 Å². The van der Waals surface area contributed by atoms with Gasteiger partial charge in [0.2, 0.25) is 0 Å². The molecule has 1 aromatic rings. The molecule has 0 bridgehead atoms. The third-order valence-electron chi connectivity index (χ3n) is 4.72. The zero-order valence-corrected chi connectivity index (χ0v) is 17.1. The Kier molecular flexibility index (Phi) is 10.9. The van der Waals surface area contributed by atoms with Gasteiger partial charge in [-0.15, -0.1) is 0 Å². The Morgan fingerprint density at radius 3 is 2.52 bits per heavy atom. The summed E-state index contributed by atoms with van der Waals surface area (Å²) in [6, 6.07) is 6.47. The molecular formula is C20H29ClN2O4. The lowest BCUT2D eigenvalue weighted by atomic mass is 10.0. The molecule has 2 rings (SSSR count). The largest absolute Gasteiger partial charge is 0.468 e. The maximum atomic E-state index is 11.8. The van der Waals surface area contributed by atoms with Crippen LogP contribution in [-0.4, -0.2) is 49.3 Å². The van der Waals surface area contributed by atoms with Crippen LogP contribution in [0.15, 0.2) is 18.2 Å². The van der Waals surface area contributed by atoms with E-state index in [0.717, 1.165) is 55.9 Å². The highest BCUT2D eigenvalue weighted by Crippen LogP contribution is 2.19. The molecule has 0 spiro atoms. The number of nitrogens with one attached hydrogen (secondary N) is 1. The Morgan fingerprint density at radius 2 is 2.00 bits per heavy atom. The number of likely N-dealkylation sites (tertiary alicyclic amines) is 1. The number of halogens is 1. The third-order valence-corrected chi connectivity index (χ3v) is 5.14. The number of hydrogen-bond donors (Lipinski definition) is 1. The Balaban J connectivity index is 0.00000114. The van der Waals surface area contributed by atoms with Gasteiger partial charge in [0.25, 0.3) is 0 Å². The van der Waals surface area contributed by atoms with E-state index in [0.29, 0.717) is 6.04 Å². The highest BCUT2D eigenvalue weighted by Gasteiger charge is 2.25. The molecule has 1 aliphatic heterocycles. The number of methoxy groups -OCH3 is 1. The molecule has 0 saturated carbocycles. The van der Waals surface area contributed by atoms with Gasteiger partial charge in [0.05, 0.1) is 7.11 Å². The minimum atomic E-state index is -0.171. The van der Waals surface area contributed by atoms with E-state index in [2.05, 4.69) is 29.3 Å². The molecule has 0 radical (unpaired) electrons. The summed E-state index contributed by atoms with van der Waals surface area (Å²) in [7, 11) is 1.46. The molecule has 0 aromatic heterocycles. The second kappa shape index (κ2) is 12.6. The van der Waals surface area contributed by atoms with Gasteiger partial charge in [-0.1, -0.05) is 37.1 Å². The maximum absolute atomic E-state index is 11.8. The summed E-state index contributed by atoms with van der Waals surface area (Å²) in [5.41, 5.74) is 2.44. The van der Waals surface area contributed by atoms with Crippen LogP contribution in [-0.2, 0) is 25.7 Å². The number of ether oxygens (including phenoxy) is 1. The average Bonchev–Trinajstić information content (AvgIpc) is 2.66. The number of piperidine rings is 1. The van der Waals surface area contributed by atoms with E-state index in [9.17, 15) is 4.79 Å². The standard InChI is InChI=1S/C19H29ClN2O2.CO2/c1-4-5-18(19(23)24-3)21-16-8-10-22(11-9-16)13-15-6-7-17(20)14(2)12-15;2-1-3/h6-7,12,16,18,21H,4-5,8-11,13H2,1-3H3;/t18-;/m1./s1. The molecule has 0 aliphatic carbocycles. The SMILES string of the molecule is CCC[C@@H](NC1CCN(Cc2ccc(Cl)c(C)c2)CC1)C(=O)OC.O=C=O. The maximum Gasteiger partial charge on any atom is 0.373 e. The van der Waals surface area contributed by atoms with E-state index in [4.69, 9.17) is 25.9 Å². The van der Waals surface area contributed by atoms with E-state index < -0.39 is 0 Å². The van der Waals surface area contributed by atoms with Crippen LogP contribution in [0.4, 0.5) is 0 Å². The van der Waals surface area contributed by atoms with Gasteiger partial charge in [-0.3, -0.25) is 9.69 Å². The Morgan fingerprint density at radius 1 is 1.37 bits per heavy atom. The van der Waals surface area contributed by atoms with Crippen molar-refractivity contribution in [3.63, 3.8) is 0 Å². The fraction of sp³-hybridized carbons (Fsp3) is 0.600. The van der Waals surface area contributed by atoms with Gasteiger partial charge in [-0.25, -0.2) is 0 Å². The first-order valence-electron chi connectivity index (χ1n) is 9.25. The molecule has 1 N–H and O–H groups in total. The van der Waals surface area contributed by atoms with Gasteiger partial charge in [0.1, 0.15) is 6.04 Å². The zero-order chi connectivity index (χ0) is 20.2. The van der Waals surface area contributed by atoms with Gasteiger partial charge in [-0.2, -0.15) is 9.59 Å². The Bertz CT molecular complexity index is 624. The zero-order valence-electron chi connectivity index (χ0n) is 16.3. The summed E-state index contributed by atoms with van der Waals surface area (Å²) in [4.78, 5) is 30.6. The quantitative estimate of drug-likeness (QED) is 0.714. The van der Waals surface area contributed by atoms with Crippen LogP contribution in [0.3, 0.4) is 0 Å². The lowest BCUT2D eigenvalue weighted by Gasteiger charge is -2.34. The third kappa shape index (κ3) is 8.22. The molecule has 1 heterocycles. The predicted octanol–water partition coefficient (Wildman–Crippen LogP) is 2.96. The van der Waals surface area contributed by atoms with E-state index in [1.807, 2.05) is 13.0 Å². The van der Waals surface area contributed by atoms with Crippen LogP contribution in [0.2, 0.25) is 5.02 Å². The fourth-order valence-corrected chi connectivity index (χ4v) is 3.42. The second-order valence-electron chi connectivity index (χ2n) is 6.75. The fourth-order valence-electron chi connectivity index (χ4n) is 3.31. The van der Waals surface area contributed by atoms with Crippen molar-refractivity contribution in [1.29, 1.82) is 0 Å². The molecule has 1 saturated heterocycles. The summed E-state index contributed by atoms with van der Waals surface area (Å²) < 4.78 is 4.90. The average molecular weight is 397 g/mol. The smallest absolute Gasteiger partial charge is 0.373 e. The molecule has 1 fully saturated rings. The highest BCUT2D eigenvalue weighted by molar-refractivity contribution is 6.31. The van der Waals surface area contributed by atoms with Crippen molar-refractivity contribution in [3.05, 3.63) is 34.3 Å². The lowest BCUT2D eigenvalue weighted by molar-refractivity contribution is -0.191. The molecular weight excluding hydrogens is 368 g/mol. The summed E-state index contributed by atoms with van der Waals surface area (Å²) in [5.74, 6) is -0.143. The van der Waals surface area contributed by atoms with Crippen molar-refractivity contribution in [2.75, 3.05) is 20.2 Å². The number of rotatable bonds is 7. The molecule has 1 aliphatic rings.